The molecule has 28 heavy (non-hydrogen) atoms. The van der Waals surface area contributed by atoms with E-state index in [1.54, 1.807) is 12.1 Å². The fraction of sp³-hybridized carbons (Fsp3) is 0.269. The average Bonchev–Trinajstić information content (AvgIpc) is 2.70. The van der Waals surface area contributed by atoms with Gasteiger partial charge in [-0.3, -0.25) is 4.79 Å². The van der Waals surface area contributed by atoms with E-state index in [9.17, 15) is 4.79 Å². The van der Waals surface area contributed by atoms with Crippen molar-refractivity contribution in [2.75, 3.05) is 0 Å². The van der Waals surface area contributed by atoms with Crippen LogP contribution in [0.3, 0.4) is 0 Å². The Kier molecular flexibility index (Phi) is 13.7. The second kappa shape index (κ2) is 15.2. The topological polar surface area (TPSA) is 43.1 Å². The van der Waals surface area contributed by atoms with E-state index in [4.69, 9.17) is 5.73 Å². The molecule has 0 aliphatic heterocycles. The molecule has 0 radical (unpaired) electrons. The van der Waals surface area contributed by atoms with E-state index in [0.29, 0.717) is 5.56 Å². The van der Waals surface area contributed by atoms with Crippen LogP contribution in [0.2, 0.25) is 0 Å². The van der Waals surface area contributed by atoms with E-state index < -0.39 is 0 Å². The van der Waals surface area contributed by atoms with E-state index in [-0.39, 0.29) is 5.91 Å². The standard InChI is InChI=1S/C10H16.C8H9NO.C8H10/c1-5-10(6-2)8-7-9(3)4;1-6-2-4-7(5-3-6)8(9)10;1-2-8-6-4-3-5-7-8/h5,7-8H,1,6H2,2-4H3;2-5H,1H3,(H2,9,10);3-7H,2H2,1H3/b10-8+;;. The molecule has 0 atom stereocenters. The van der Waals surface area contributed by atoms with Gasteiger partial charge in [-0.25, -0.2) is 0 Å². The second-order valence-corrected chi connectivity index (χ2v) is 6.61. The number of hydrogen-bond acceptors (Lipinski definition) is 1. The van der Waals surface area contributed by atoms with Gasteiger partial charge in [0, 0.05) is 5.56 Å². The minimum atomic E-state index is -0.375. The zero-order valence-electron chi connectivity index (χ0n) is 18.0. The molecule has 2 rings (SSSR count). The zero-order valence-corrected chi connectivity index (χ0v) is 18.0. The van der Waals surface area contributed by atoms with Gasteiger partial charge in [0.1, 0.15) is 0 Å². The maximum atomic E-state index is 10.5. The van der Waals surface area contributed by atoms with Crippen molar-refractivity contribution in [2.24, 2.45) is 5.73 Å². The lowest BCUT2D eigenvalue weighted by molar-refractivity contribution is 0.100. The zero-order chi connectivity index (χ0) is 21.4. The van der Waals surface area contributed by atoms with Crippen LogP contribution >= 0.6 is 0 Å². The molecule has 0 bridgehead atoms. The molecule has 0 saturated heterocycles. The SMILES string of the molecule is C=C/C(=C\C=C(C)C)CC.CCc1ccccc1.Cc1ccc(C(N)=O)cc1. The molecule has 0 aliphatic carbocycles. The fourth-order valence-electron chi connectivity index (χ4n) is 2.04. The second-order valence-electron chi connectivity index (χ2n) is 6.61. The van der Waals surface area contributed by atoms with Crippen molar-refractivity contribution in [1.82, 2.24) is 0 Å². The van der Waals surface area contributed by atoms with Gasteiger partial charge in [-0.15, -0.1) is 0 Å². The summed E-state index contributed by atoms with van der Waals surface area (Å²) in [6.07, 6.45) is 8.33. The van der Waals surface area contributed by atoms with Gasteiger partial charge in [0.2, 0.25) is 5.91 Å². The van der Waals surface area contributed by atoms with E-state index >= 15 is 0 Å². The van der Waals surface area contributed by atoms with Crippen LogP contribution in [0.1, 0.15) is 55.6 Å². The maximum absolute atomic E-state index is 10.5. The molecule has 150 valence electrons. The molecular formula is C26H35NO. The van der Waals surface area contributed by atoms with Gasteiger partial charge in [0.05, 0.1) is 0 Å². The number of primary amides is 1. The Bertz CT molecular complexity index is 749. The Balaban J connectivity index is 0.000000393. The molecule has 2 aromatic rings. The number of hydrogen-bond donors (Lipinski definition) is 1. The van der Waals surface area contributed by atoms with Gasteiger partial charge in [-0.1, -0.05) is 92.3 Å². The van der Waals surface area contributed by atoms with Crippen LogP contribution < -0.4 is 5.73 Å². The normalized spacial score (nSPS) is 9.82. The first-order valence-corrected chi connectivity index (χ1v) is 9.70. The van der Waals surface area contributed by atoms with Crippen molar-refractivity contribution in [3.8, 4) is 0 Å². The van der Waals surface area contributed by atoms with Gasteiger partial charge in [0.15, 0.2) is 0 Å². The number of allylic oxidation sites excluding steroid dienone is 5. The number of carbonyl (C=O) groups is 1. The Labute approximate surface area is 171 Å². The summed E-state index contributed by atoms with van der Waals surface area (Å²) in [5.41, 5.74) is 10.7. The summed E-state index contributed by atoms with van der Waals surface area (Å²) in [5, 5.41) is 0. The van der Waals surface area contributed by atoms with Crippen LogP contribution in [-0.4, -0.2) is 5.91 Å². The summed E-state index contributed by atoms with van der Waals surface area (Å²) in [5.74, 6) is -0.375. The van der Waals surface area contributed by atoms with Gasteiger partial charge in [-0.05, 0) is 56.9 Å². The summed E-state index contributed by atoms with van der Waals surface area (Å²) >= 11 is 0. The highest BCUT2D eigenvalue weighted by molar-refractivity contribution is 5.92. The van der Waals surface area contributed by atoms with E-state index in [1.165, 1.54) is 16.7 Å². The number of aryl methyl sites for hydroxylation is 2. The van der Waals surface area contributed by atoms with Crippen LogP contribution in [0, 0.1) is 6.92 Å². The molecule has 1 amide bonds. The van der Waals surface area contributed by atoms with Crippen LogP contribution in [-0.2, 0) is 6.42 Å². The number of amides is 1. The first-order valence-electron chi connectivity index (χ1n) is 9.70. The highest BCUT2D eigenvalue weighted by atomic mass is 16.1. The van der Waals surface area contributed by atoms with Gasteiger partial charge < -0.3 is 5.73 Å². The van der Waals surface area contributed by atoms with Crippen molar-refractivity contribution in [2.45, 2.75) is 47.5 Å². The quantitative estimate of drug-likeness (QED) is 0.571. The van der Waals surface area contributed by atoms with E-state index in [2.05, 4.69) is 70.7 Å². The minimum Gasteiger partial charge on any atom is -0.366 e. The number of nitrogens with two attached hydrogens (primary N) is 1. The molecule has 0 fully saturated rings. The third kappa shape index (κ3) is 12.5. The first-order chi connectivity index (χ1) is 13.3. The van der Waals surface area contributed by atoms with E-state index in [1.807, 2.05) is 31.2 Å². The molecule has 0 spiro atoms. The largest absolute Gasteiger partial charge is 0.366 e. The number of benzene rings is 2. The predicted octanol–water partition coefficient (Wildman–Crippen LogP) is 6.82. The Morgan fingerprint density at radius 1 is 0.964 bits per heavy atom. The van der Waals surface area contributed by atoms with Crippen molar-refractivity contribution in [3.05, 3.63) is 107 Å². The molecule has 0 aliphatic rings. The highest BCUT2D eigenvalue weighted by Gasteiger charge is 1.96. The lowest BCUT2D eigenvalue weighted by atomic mass is 10.1. The third-order valence-corrected chi connectivity index (χ3v) is 3.89. The smallest absolute Gasteiger partial charge is 0.248 e. The summed E-state index contributed by atoms with van der Waals surface area (Å²) in [6.45, 7) is 14.1. The molecule has 0 unspecified atom stereocenters. The van der Waals surface area contributed by atoms with Crippen molar-refractivity contribution in [1.29, 1.82) is 0 Å². The summed E-state index contributed by atoms with van der Waals surface area (Å²) in [6, 6.07) is 17.6. The van der Waals surface area contributed by atoms with Crippen LogP contribution in [0.25, 0.3) is 0 Å². The Hall–Kier alpha value is -2.87. The highest BCUT2D eigenvalue weighted by Crippen LogP contribution is 2.02. The van der Waals surface area contributed by atoms with Crippen LogP contribution in [0.5, 0.6) is 0 Å². The first kappa shape index (κ1) is 25.1. The Morgan fingerprint density at radius 2 is 1.54 bits per heavy atom. The number of rotatable bonds is 5. The average molecular weight is 378 g/mol. The molecule has 2 N–H and O–H groups in total. The lowest BCUT2D eigenvalue weighted by Gasteiger charge is -1.93. The molecule has 0 aromatic heterocycles. The summed E-state index contributed by atoms with van der Waals surface area (Å²) in [7, 11) is 0. The summed E-state index contributed by atoms with van der Waals surface area (Å²) in [4.78, 5) is 10.5. The number of carbonyl (C=O) groups excluding carboxylic acids is 1. The van der Waals surface area contributed by atoms with Gasteiger partial charge in [0.25, 0.3) is 0 Å². The molecule has 2 aromatic carbocycles. The molecule has 0 saturated carbocycles. The van der Waals surface area contributed by atoms with Crippen molar-refractivity contribution in [3.63, 3.8) is 0 Å². The van der Waals surface area contributed by atoms with Crippen LogP contribution in [0.4, 0.5) is 0 Å². The molecule has 2 heteroatoms. The lowest BCUT2D eigenvalue weighted by Crippen LogP contribution is -2.10. The monoisotopic (exact) mass is 377 g/mol. The van der Waals surface area contributed by atoms with Crippen molar-refractivity contribution < 1.29 is 4.79 Å². The molecular weight excluding hydrogens is 342 g/mol. The summed E-state index contributed by atoms with van der Waals surface area (Å²) < 4.78 is 0. The van der Waals surface area contributed by atoms with E-state index in [0.717, 1.165) is 18.4 Å². The molecule has 0 heterocycles. The van der Waals surface area contributed by atoms with Gasteiger partial charge >= 0.3 is 0 Å². The fourth-order valence-corrected chi connectivity index (χ4v) is 2.04. The minimum absolute atomic E-state index is 0.375. The predicted molar refractivity (Wildman–Crippen MR) is 124 cm³/mol. The molecule has 2 nitrogen and oxygen atoms in total. The van der Waals surface area contributed by atoms with Crippen LogP contribution in [0.15, 0.2) is 90.6 Å². The van der Waals surface area contributed by atoms with Crippen molar-refractivity contribution >= 4 is 5.91 Å². The van der Waals surface area contributed by atoms with Gasteiger partial charge in [-0.2, -0.15) is 0 Å². The third-order valence-electron chi connectivity index (χ3n) is 3.89. The maximum Gasteiger partial charge on any atom is 0.248 e. The Morgan fingerprint density at radius 3 is 1.89 bits per heavy atom.